The van der Waals surface area contributed by atoms with E-state index in [2.05, 4.69) is 0 Å². The summed E-state index contributed by atoms with van der Waals surface area (Å²) < 4.78 is 0. The number of amides is 1. The van der Waals surface area contributed by atoms with Crippen LogP contribution in [0.2, 0.25) is 0 Å². The van der Waals surface area contributed by atoms with Gasteiger partial charge in [0.1, 0.15) is 0 Å². The van der Waals surface area contributed by atoms with Crippen LogP contribution in [0.3, 0.4) is 0 Å². The largest absolute Gasteiger partial charge is 0.502 e. The van der Waals surface area contributed by atoms with E-state index in [-0.39, 0.29) is 44.7 Å². The molecule has 0 saturated heterocycles. The van der Waals surface area contributed by atoms with E-state index in [0.29, 0.717) is 0 Å². The molecule has 0 aliphatic carbocycles. The second kappa shape index (κ2) is 5.55. The standard InChI is InChI=1S/C6H10NO3.Y/c1-4(6(9)10)7(3)5(2)8;/h1-3H3,(H,9,10);/q-1;. The molecular weight excluding hydrogens is 223 g/mol. The summed E-state index contributed by atoms with van der Waals surface area (Å²) in [6, 6.07) is 0.0347. The molecule has 0 spiro atoms. The summed E-state index contributed by atoms with van der Waals surface area (Å²) in [5.74, 6) is -1.35. The first-order valence-corrected chi connectivity index (χ1v) is 2.78. The third-order valence-corrected chi connectivity index (χ3v) is 1.28. The second-order valence-electron chi connectivity index (χ2n) is 1.97. The van der Waals surface area contributed by atoms with Crippen molar-refractivity contribution < 1.29 is 47.4 Å². The fourth-order valence-electron chi connectivity index (χ4n) is 0.380. The van der Waals surface area contributed by atoms with Gasteiger partial charge in [0.2, 0.25) is 0 Å². The molecule has 1 amide bonds. The first-order valence-electron chi connectivity index (χ1n) is 2.78. The minimum Gasteiger partial charge on any atom is -0.502 e. The molecule has 0 aromatic carbocycles. The van der Waals surface area contributed by atoms with Crippen LogP contribution in [0.15, 0.2) is 0 Å². The molecule has 0 aliphatic rings. The number of carboxylic acids is 1. The number of rotatable bonds is 2. The van der Waals surface area contributed by atoms with E-state index in [9.17, 15) is 9.59 Å². The van der Waals surface area contributed by atoms with Crippen LogP contribution >= 0.6 is 0 Å². The van der Waals surface area contributed by atoms with E-state index in [1.165, 1.54) is 20.9 Å². The number of aliphatic carboxylic acids is 1. The maximum absolute atomic E-state index is 10.5. The average molecular weight is 233 g/mol. The van der Waals surface area contributed by atoms with Gasteiger partial charge in [0.05, 0.1) is 0 Å². The van der Waals surface area contributed by atoms with Crippen LogP contribution in [-0.2, 0) is 42.3 Å². The van der Waals surface area contributed by atoms with Gasteiger partial charge in [0, 0.05) is 39.6 Å². The summed E-state index contributed by atoms with van der Waals surface area (Å²) in [4.78, 5) is 21.8. The summed E-state index contributed by atoms with van der Waals surface area (Å²) in [5.41, 5.74) is 0. The van der Waals surface area contributed by atoms with Crippen molar-refractivity contribution in [2.75, 3.05) is 7.05 Å². The first-order chi connectivity index (χ1) is 4.46. The Morgan fingerprint density at radius 2 is 1.82 bits per heavy atom. The number of hydrogen-bond donors (Lipinski definition) is 1. The summed E-state index contributed by atoms with van der Waals surface area (Å²) in [6.07, 6.45) is 0. The van der Waals surface area contributed by atoms with Gasteiger partial charge in [-0.25, -0.2) is 0 Å². The van der Waals surface area contributed by atoms with Crippen molar-refractivity contribution in [1.29, 1.82) is 0 Å². The Morgan fingerprint density at radius 1 is 1.45 bits per heavy atom. The van der Waals surface area contributed by atoms with Gasteiger partial charge in [-0.05, 0) is 7.05 Å². The van der Waals surface area contributed by atoms with Crippen molar-refractivity contribution in [3.63, 3.8) is 0 Å². The minimum absolute atomic E-state index is 0. The van der Waals surface area contributed by atoms with Crippen LogP contribution in [0.1, 0.15) is 13.8 Å². The second-order valence-corrected chi connectivity index (χ2v) is 1.97. The van der Waals surface area contributed by atoms with Crippen molar-refractivity contribution >= 4 is 11.9 Å². The van der Waals surface area contributed by atoms with Crippen LogP contribution in [-0.4, -0.2) is 28.9 Å². The Kier molecular flexibility index (Phi) is 6.81. The number of hydrogen-bond acceptors (Lipinski definition) is 2. The van der Waals surface area contributed by atoms with Crippen molar-refractivity contribution in [1.82, 2.24) is 4.90 Å². The summed E-state index contributed by atoms with van der Waals surface area (Å²) >= 11 is 0. The SMILES string of the molecule is CC(=O)N(C)[C-](C)C(=O)O.[Y]. The first kappa shape index (κ1) is 13.5. The molecule has 0 saturated carbocycles. The molecule has 0 fully saturated rings. The number of nitrogens with zero attached hydrogens (tertiary/aromatic N) is 1. The molecule has 1 radical (unpaired) electrons. The van der Waals surface area contributed by atoms with Crippen LogP contribution in [0.4, 0.5) is 0 Å². The summed E-state index contributed by atoms with van der Waals surface area (Å²) in [6.45, 7) is 2.69. The zero-order valence-corrected chi connectivity index (χ0v) is 9.63. The molecule has 4 nitrogen and oxygen atoms in total. The Balaban J connectivity index is 0. The average Bonchev–Trinajstić information content (AvgIpc) is 1.84. The van der Waals surface area contributed by atoms with Crippen molar-refractivity contribution in [2.24, 2.45) is 0 Å². The molecule has 0 heterocycles. The predicted molar refractivity (Wildman–Crippen MR) is 35.0 cm³/mol. The van der Waals surface area contributed by atoms with Gasteiger partial charge >= 0.3 is 0 Å². The monoisotopic (exact) mass is 233 g/mol. The number of carbonyl (C=O) groups is 2. The third-order valence-electron chi connectivity index (χ3n) is 1.28. The van der Waals surface area contributed by atoms with Crippen LogP contribution < -0.4 is 0 Å². The molecule has 0 aliphatic heterocycles. The molecule has 0 atom stereocenters. The number of likely N-dealkylation sites (N-methyl/N-ethyl adjacent to an activating group) is 1. The van der Waals surface area contributed by atoms with Gasteiger partial charge in [0.15, 0.2) is 11.9 Å². The summed E-state index contributed by atoms with van der Waals surface area (Å²) in [5, 5.41) is 8.37. The quantitative estimate of drug-likeness (QED) is 0.688. The van der Waals surface area contributed by atoms with Crippen LogP contribution in [0.5, 0.6) is 0 Å². The van der Waals surface area contributed by atoms with Crippen LogP contribution in [0.25, 0.3) is 0 Å². The van der Waals surface area contributed by atoms with Gasteiger partial charge in [-0.15, -0.1) is 0 Å². The minimum atomic E-state index is -1.07. The topological polar surface area (TPSA) is 57.6 Å². The van der Waals surface area contributed by atoms with E-state index in [4.69, 9.17) is 5.11 Å². The molecule has 0 aromatic rings. The molecule has 0 bridgehead atoms. The van der Waals surface area contributed by atoms with E-state index in [0.717, 1.165) is 4.90 Å². The Bertz CT molecular complexity index is 142. The van der Waals surface area contributed by atoms with Gasteiger partial charge < -0.3 is 10.0 Å². The van der Waals surface area contributed by atoms with Gasteiger partial charge in [-0.3, -0.25) is 9.59 Å². The number of carbonyl (C=O) groups excluding carboxylic acids is 1. The fraction of sp³-hybridized carbons (Fsp3) is 0.500. The molecule has 0 unspecified atom stereocenters. The smallest absolute Gasteiger partial charge is 0.193 e. The molecule has 1 N–H and O–H groups in total. The van der Waals surface area contributed by atoms with Crippen molar-refractivity contribution in [2.45, 2.75) is 13.8 Å². The van der Waals surface area contributed by atoms with Crippen LogP contribution in [0, 0.1) is 6.04 Å². The maximum Gasteiger partial charge on any atom is 0.193 e. The number of carboxylic acid groups (broad SMARTS) is 1. The zero-order chi connectivity index (χ0) is 8.31. The van der Waals surface area contributed by atoms with Crippen molar-refractivity contribution in [3.05, 3.63) is 6.04 Å². The molecule has 5 heteroatoms. The van der Waals surface area contributed by atoms with E-state index < -0.39 is 5.97 Å². The van der Waals surface area contributed by atoms with E-state index in [1.54, 1.807) is 0 Å². The molecule has 11 heavy (non-hydrogen) atoms. The molecular formula is C6H10NO3Y-. The maximum atomic E-state index is 10.5. The van der Waals surface area contributed by atoms with Gasteiger partial charge in [-0.1, -0.05) is 0 Å². The Hall–Kier alpha value is -0.0861. The van der Waals surface area contributed by atoms with E-state index in [1.807, 2.05) is 0 Å². The van der Waals surface area contributed by atoms with Gasteiger partial charge in [0.25, 0.3) is 0 Å². The van der Waals surface area contributed by atoms with E-state index >= 15 is 0 Å². The normalized spacial score (nSPS) is 7.91. The predicted octanol–water partition coefficient (Wildman–Crippen LogP) is 0.0987. The van der Waals surface area contributed by atoms with Crippen molar-refractivity contribution in [3.8, 4) is 0 Å². The Labute approximate surface area is 90.8 Å². The zero-order valence-electron chi connectivity index (χ0n) is 6.79. The van der Waals surface area contributed by atoms with Gasteiger partial charge in [-0.2, -0.15) is 13.0 Å². The Morgan fingerprint density at radius 3 is 1.91 bits per heavy atom. The fourth-order valence-corrected chi connectivity index (χ4v) is 0.380. The summed E-state index contributed by atoms with van der Waals surface area (Å²) in [7, 11) is 1.42. The molecule has 61 valence electrons. The molecule has 0 aromatic heterocycles. The molecule has 0 rings (SSSR count). The third kappa shape index (κ3) is 4.37.